The summed E-state index contributed by atoms with van der Waals surface area (Å²) in [6, 6.07) is 3.27. The van der Waals surface area contributed by atoms with E-state index >= 15 is 0 Å². The van der Waals surface area contributed by atoms with Crippen molar-refractivity contribution >= 4 is 43.5 Å². The first-order chi connectivity index (χ1) is 9.77. The number of hydrogen-bond donors (Lipinski definition) is 3. The van der Waals surface area contributed by atoms with Gasteiger partial charge < -0.3 is 15.7 Å². The number of carbonyl (C=O) groups is 2. The van der Waals surface area contributed by atoms with E-state index in [1.807, 2.05) is 0 Å². The minimum Gasteiger partial charge on any atom is -0.478 e. The number of carboxylic acids is 1. The summed E-state index contributed by atoms with van der Waals surface area (Å²) in [7, 11) is -3.05. The highest BCUT2D eigenvalue weighted by Crippen LogP contribution is 2.23. The van der Waals surface area contributed by atoms with Crippen LogP contribution >= 0.6 is 15.9 Å². The Morgan fingerprint density at radius 2 is 2.05 bits per heavy atom. The molecule has 1 aromatic carbocycles. The molecule has 1 atom stereocenters. The first kappa shape index (κ1) is 15.8. The van der Waals surface area contributed by atoms with Gasteiger partial charge in [0, 0.05) is 10.5 Å². The third-order valence-corrected chi connectivity index (χ3v) is 5.46. The number of carbonyl (C=O) groups excluding carboxylic acids is 1. The van der Waals surface area contributed by atoms with Crippen molar-refractivity contribution in [2.24, 2.45) is 0 Å². The van der Waals surface area contributed by atoms with E-state index < -0.39 is 27.9 Å². The van der Waals surface area contributed by atoms with Crippen molar-refractivity contribution in [2.75, 3.05) is 16.8 Å². The van der Waals surface area contributed by atoms with Crippen LogP contribution in [0.3, 0.4) is 0 Å². The lowest BCUT2D eigenvalue weighted by atomic mass is 10.2. The van der Waals surface area contributed by atoms with Crippen LogP contribution in [-0.2, 0) is 9.84 Å². The van der Waals surface area contributed by atoms with E-state index in [9.17, 15) is 18.0 Å². The van der Waals surface area contributed by atoms with Crippen molar-refractivity contribution in [3.8, 4) is 0 Å². The van der Waals surface area contributed by atoms with Gasteiger partial charge in [0.2, 0.25) is 0 Å². The molecular formula is C12H13BrN2O5S. The van der Waals surface area contributed by atoms with Crippen LogP contribution in [-0.4, -0.2) is 43.1 Å². The maximum atomic E-state index is 11.8. The van der Waals surface area contributed by atoms with Gasteiger partial charge in [-0.05, 0) is 40.5 Å². The molecule has 0 aromatic heterocycles. The SMILES string of the molecule is O=C(Nc1ccc(C(=O)O)cc1Br)NC1CCS(=O)(=O)C1. The quantitative estimate of drug-likeness (QED) is 0.738. The number of amides is 2. The lowest BCUT2D eigenvalue weighted by Gasteiger charge is -2.13. The van der Waals surface area contributed by atoms with Crippen molar-refractivity contribution in [1.29, 1.82) is 0 Å². The molecule has 1 aliphatic rings. The summed E-state index contributed by atoms with van der Waals surface area (Å²) >= 11 is 3.17. The first-order valence-corrected chi connectivity index (χ1v) is 8.69. The Morgan fingerprint density at radius 1 is 1.33 bits per heavy atom. The molecule has 1 heterocycles. The minimum atomic E-state index is -3.05. The number of aromatic carboxylic acids is 1. The first-order valence-electron chi connectivity index (χ1n) is 6.07. The van der Waals surface area contributed by atoms with E-state index in [2.05, 4.69) is 26.6 Å². The summed E-state index contributed by atoms with van der Waals surface area (Å²) in [5.74, 6) is -1.04. The molecule has 0 radical (unpaired) electrons. The molecule has 0 spiro atoms. The fourth-order valence-corrected chi connectivity index (χ4v) is 4.15. The van der Waals surface area contributed by atoms with Gasteiger partial charge in [0.15, 0.2) is 9.84 Å². The summed E-state index contributed by atoms with van der Waals surface area (Å²) in [6.45, 7) is 0. The Kier molecular flexibility index (Phi) is 4.52. The average molecular weight is 377 g/mol. The normalized spacial score (nSPS) is 20.0. The van der Waals surface area contributed by atoms with Gasteiger partial charge in [-0.2, -0.15) is 0 Å². The van der Waals surface area contributed by atoms with E-state index in [-0.39, 0.29) is 17.1 Å². The molecule has 1 fully saturated rings. The van der Waals surface area contributed by atoms with Crippen molar-refractivity contribution in [1.82, 2.24) is 5.32 Å². The zero-order chi connectivity index (χ0) is 15.6. The lowest BCUT2D eigenvalue weighted by molar-refractivity contribution is 0.0697. The summed E-state index contributed by atoms with van der Waals surface area (Å²) < 4.78 is 23.0. The van der Waals surface area contributed by atoms with Gasteiger partial charge >= 0.3 is 12.0 Å². The Hall–Kier alpha value is -1.61. The molecule has 0 bridgehead atoms. The number of carboxylic acid groups (broad SMARTS) is 1. The topological polar surface area (TPSA) is 113 Å². The molecular weight excluding hydrogens is 364 g/mol. The molecule has 7 nitrogen and oxygen atoms in total. The van der Waals surface area contributed by atoms with Gasteiger partial charge in [0.25, 0.3) is 0 Å². The zero-order valence-electron chi connectivity index (χ0n) is 10.8. The molecule has 2 rings (SSSR count). The van der Waals surface area contributed by atoms with Crippen molar-refractivity contribution in [3.05, 3.63) is 28.2 Å². The van der Waals surface area contributed by atoms with Crippen LogP contribution in [0.1, 0.15) is 16.8 Å². The largest absolute Gasteiger partial charge is 0.478 e. The Labute approximate surface area is 129 Å². The molecule has 9 heteroatoms. The number of halogens is 1. The van der Waals surface area contributed by atoms with Crippen LogP contribution in [0.2, 0.25) is 0 Å². The standard InChI is InChI=1S/C12H13BrN2O5S/c13-9-5-7(11(16)17)1-2-10(9)15-12(18)14-8-3-4-21(19,20)6-8/h1-2,5,8H,3-4,6H2,(H,16,17)(H2,14,15,18). The predicted octanol–water partition coefficient (Wildman–Crippen LogP) is 1.46. The van der Waals surface area contributed by atoms with E-state index in [0.717, 1.165) is 0 Å². The van der Waals surface area contributed by atoms with Crippen LogP contribution in [0.5, 0.6) is 0 Å². The van der Waals surface area contributed by atoms with Crippen LogP contribution in [0.15, 0.2) is 22.7 Å². The third kappa shape index (κ3) is 4.18. The maximum absolute atomic E-state index is 11.8. The highest BCUT2D eigenvalue weighted by molar-refractivity contribution is 9.10. The van der Waals surface area contributed by atoms with Gasteiger partial charge in [0.1, 0.15) is 0 Å². The van der Waals surface area contributed by atoms with Gasteiger partial charge in [-0.25, -0.2) is 18.0 Å². The monoisotopic (exact) mass is 376 g/mol. The highest BCUT2D eigenvalue weighted by Gasteiger charge is 2.28. The van der Waals surface area contributed by atoms with Gasteiger partial charge in [-0.3, -0.25) is 0 Å². The van der Waals surface area contributed by atoms with Crippen LogP contribution < -0.4 is 10.6 Å². The maximum Gasteiger partial charge on any atom is 0.335 e. The molecule has 21 heavy (non-hydrogen) atoms. The molecule has 1 unspecified atom stereocenters. The van der Waals surface area contributed by atoms with Gasteiger partial charge in [-0.1, -0.05) is 0 Å². The molecule has 0 saturated carbocycles. The smallest absolute Gasteiger partial charge is 0.335 e. The number of sulfone groups is 1. The Morgan fingerprint density at radius 3 is 2.57 bits per heavy atom. The minimum absolute atomic E-state index is 0.0560. The van der Waals surface area contributed by atoms with Crippen LogP contribution in [0.4, 0.5) is 10.5 Å². The molecule has 2 amide bonds. The Bertz CT molecular complexity index is 689. The van der Waals surface area contributed by atoms with Crippen molar-refractivity contribution in [2.45, 2.75) is 12.5 Å². The van der Waals surface area contributed by atoms with Crippen LogP contribution in [0.25, 0.3) is 0 Å². The number of benzene rings is 1. The number of anilines is 1. The molecule has 3 N–H and O–H groups in total. The summed E-state index contributed by atoms with van der Waals surface area (Å²) in [5.41, 5.74) is 0.494. The average Bonchev–Trinajstić information content (AvgIpc) is 2.70. The Balaban J connectivity index is 1.98. The molecule has 0 aliphatic carbocycles. The molecule has 1 saturated heterocycles. The third-order valence-electron chi connectivity index (χ3n) is 3.03. The fourth-order valence-electron chi connectivity index (χ4n) is 2.00. The second-order valence-electron chi connectivity index (χ2n) is 4.70. The van der Waals surface area contributed by atoms with Gasteiger partial charge in [0.05, 0.1) is 22.8 Å². The van der Waals surface area contributed by atoms with E-state index in [1.54, 1.807) is 0 Å². The second kappa shape index (κ2) is 6.02. The summed E-state index contributed by atoms with van der Waals surface area (Å²) in [4.78, 5) is 22.6. The molecule has 114 valence electrons. The van der Waals surface area contributed by atoms with Gasteiger partial charge in [-0.15, -0.1) is 0 Å². The molecule has 1 aromatic rings. The van der Waals surface area contributed by atoms with Crippen molar-refractivity contribution < 1.29 is 23.1 Å². The predicted molar refractivity (Wildman–Crippen MR) is 80.3 cm³/mol. The number of rotatable bonds is 3. The van der Waals surface area contributed by atoms with E-state index in [4.69, 9.17) is 5.11 Å². The number of hydrogen-bond acceptors (Lipinski definition) is 4. The van der Waals surface area contributed by atoms with E-state index in [1.165, 1.54) is 18.2 Å². The second-order valence-corrected chi connectivity index (χ2v) is 7.78. The summed E-state index contributed by atoms with van der Waals surface area (Å²) in [6.07, 6.45) is 0.398. The van der Waals surface area contributed by atoms with Crippen molar-refractivity contribution in [3.63, 3.8) is 0 Å². The lowest BCUT2D eigenvalue weighted by Crippen LogP contribution is -2.38. The summed E-state index contributed by atoms with van der Waals surface area (Å²) in [5, 5.41) is 14.0. The van der Waals surface area contributed by atoms with Crippen LogP contribution in [0, 0.1) is 0 Å². The number of urea groups is 1. The zero-order valence-corrected chi connectivity index (χ0v) is 13.2. The molecule has 1 aliphatic heterocycles. The number of nitrogens with one attached hydrogen (secondary N) is 2. The fraction of sp³-hybridized carbons (Fsp3) is 0.333. The highest BCUT2D eigenvalue weighted by atomic mass is 79.9. The van der Waals surface area contributed by atoms with E-state index in [0.29, 0.717) is 16.6 Å².